The minimum Gasteiger partial charge on any atom is -0.456 e. The average molecular weight is 807 g/mol. The second kappa shape index (κ2) is 15.2. The van der Waals surface area contributed by atoms with Crippen molar-refractivity contribution in [3.63, 3.8) is 0 Å². The Bertz CT molecular complexity index is 1980. The molecule has 58 heavy (non-hydrogen) atoms. The van der Waals surface area contributed by atoms with Gasteiger partial charge in [-0.05, 0) is 63.5 Å². The maximum absolute atomic E-state index is 14.9. The van der Waals surface area contributed by atoms with Crippen molar-refractivity contribution in [1.29, 1.82) is 0 Å². The third-order valence-electron chi connectivity index (χ3n) is 12.6. The van der Waals surface area contributed by atoms with Crippen LogP contribution in [0.25, 0.3) is 0 Å². The van der Waals surface area contributed by atoms with Crippen molar-refractivity contribution < 1.29 is 68.1 Å². The molecule has 2 aromatic rings. The molecule has 3 fully saturated rings. The molecule has 1 aliphatic heterocycles. The molecular formula is C43H53NO14. The SMILES string of the molecule is CC1=C2[C@@H](O)C(=O)[C@@]3(C)C([C@H](OC(=O)c4ccccc4)[C@](O)(C[C@@H]1OC(=O)C(O)C(NC(=O)OC(C)(C)C)c1ccccc1)C2(C)C)[C@]1(OC([11CH3])=O)CO[C@@H]1C[C@@H]3O. The number of Topliss-reactive ketones (excluding diaryl/α,β-unsaturated/α-hetero) is 1. The first-order valence-corrected chi connectivity index (χ1v) is 19.3. The van der Waals surface area contributed by atoms with Crippen molar-refractivity contribution in [3.8, 4) is 0 Å². The number of aliphatic hydroxyl groups excluding tert-OH is 3. The van der Waals surface area contributed by atoms with Gasteiger partial charge in [0, 0.05) is 25.2 Å². The summed E-state index contributed by atoms with van der Waals surface area (Å²) in [5.41, 5.74) is -8.14. The van der Waals surface area contributed by atoms with Gasteiger partial charge in [0.05, 0.1) is 35.6 Å². The summed E-state index contributed by atoms with van der Waals surface area (Å²) in [5.74, 6) is -5.36. The van der Waals surface area contributed by atoms with Crippen molar-refractivity contribution in [1.82, 2.24) is 5.32 Å². The Morgan fingerprint density at radius 1 is 0.948 bits per heavy atom. The molecule has 3 aliphatic carbocycles. The van der Waals surface area contributed by atoms with Gasteiger partial charge in [0.1, 0.15) is 35.6 Å². The number of hydrogen-bond acceptors (Lipinski definition) is 14. The molecule has 1 heterocycles. The van der Waals surface area contributed by atoms with Gasteiger partial charge in [-0.25, -0.2) is 14.4 Å². The second-order valence-electron chi connectivity index (χ2n) is 17.6. The van der Waals surface area contributed by atoms with Crippen LogP contribution in [-0.4, -0.2) is 110 Å². The maximum atomic E-state index is 14.9. The largest absolute Gasteiger partial charge is 0.456 e. The first-order chi connectivity index (χ1) is 27.0. The van der Waals surface area contributed by atoms with Crippen LogP contribution in [0.2, 0.25) is 0 Å². The summed E-state index contributed by atoms with van der Waals surface area (Å²) in [6.45, 7) is 11.8. The number of benzene rings is 2. The summed E-state index contributed by atoms with van der Waals surface area (Å²) >= 11 is 0. The molecule has 6 rings (SSSR count). The molecular weight excluding hydrogens is 753 g/mol. The lowest BCUT2D eigenvalue weighted by Crippen LogP contribution is -2.81. The molecule has 15 nitrogen and oxygen atoms in total. The van der Waals surface area contributed by atoms with Gasteiger partial charge in [-0.2, -0.15) is 0 Å². The Hall–Kier alpha value is -4.67. The average Bonchev–Trinajstić information content (AvgIpc) is 3.14. The van der Waals surface area contributed by atoms with Gasteiger partial charge >= 0.3 is 24.0 Å². The molecule has 4 aliphatic rings. The summed E-state index contributed by atoms with van der Waals surface area (Å²) in [6.07, 6.45) is -11.5. The van der Waals surface area contributed by atoms with Crippen LogP contribution in [0.3, 0.4) is 0 Å². The van der Waals surface area contributed by atoms with E-state index < -0.39 is 112 Å². The van der Waals surface area contributed by atoms with Gasteiger partial charge < -0.3 is 49.4 Å². The van der Waals surface area contributed by atoms with Gasteiger partial charge in [0.15, 0.2) is 17.5 Å². The number of fused-ring (bicyclic) bond motifs is 5. The molecule has 3 unspecified atom stereocenters. The number of alkyl carbamates (subject to hydrolysis) is 1. The number of carbonyl (C=O) groups excluding carboxylic acids is 5. The van der Waals surface area contributed by atoms with Crippen LogP contribution in [0.1, 0.15) is 90.2 Å². The smallest absolute Gasteiger partial charge is 0.408 e. The van der Waals surface area contributed by atoms with E-state index in [0.29, 0.717) is 5.56 Å². The fourth-order valence-corrected chi connectivity index (χ4v) is 9.56. The summed E-state index contributed by atoms with van der Waals surface area (Å²) in [5, 5.41) is 51.6. The zero-order valence-electron chi connectivity index (χ0n) is 33.9. The highest BCUT2D eigenvalue weighted by Crippen LogP contribution is 2.64. The number of amides is 1. The van der Waals surface area contributed by atoms with Gasteiger partial charge in [-0.1, -0.05) is 62.4 Å². The fourth-order valence-electron chi connectivity index (χ4n) is 9.56. The van der Waals surface area contributed by atoms with E-state index >= 15 is 0 Å². The third kappa shape index (κ3) is 7.10. The van der Waals surface area contributed by atoms with E-state index in [2.05, 4.69) is 5.32 Å². The molecule has 0 aromatic heterocycles. The fraction of sp³-hybridized carbons (Fsp3) is 0.558. The van der Waals surface area contributed by atoms with Crippen molar-refractivity contribution in [2.75, 3.05) is 6.61 Å². The Kier molecular flexibility index (Phi) is 11.2. The lowest BCUT2D eigenvalue weighted by Gasteiger charge is -2.67. The summed E-state index contributed by atoms with van der Waals surface area (Å²) in [6, 6.07) is 14.6. The lowest BCUT2D eigenvalue weighted by molar-refractivity contribution is -0.346. The number of esters is 3. The van der Waals surface area contributed by atoms with Gasteiger partial charge in [-0.3, -0.25) is 9.59 Å². The van der Waals surface area contributed by atoms with E-state index in [0.717, 1.165) is 6.92 Å². The molecule has 2 bridgehead atoms. The number of ketones is 1. The minimum atomic E-state index is -2.35. The van der Waals surface area contributed by atoms with E-state index in [9.17, 15) is 44.4 Å². The predicted octanol–water partition coefficient (Wildman–Crippen LogP) is 3.26. The molecule has 11 atom stereocenters. The maximum Gasteiger partial charge on any atom is 0.408 e. The molecule has 15 heteroatoms. The number of hydrogen-bond donors (Lipinski definition) is 5. The molecule has 1 saturated heterocycles. The number of ether oxygens (including phenoxy) is 5. The normalized spacial score (nSPS) is 33.7. The highest BCUT2D eigenvalue weighted by molar-refractivity contribution is 5.94. The highest BCUT2D eigenvalue weighted by atomic mass is 16.6. The zero-order chi connectivity index (χ0) is 42.7. The quantitative estimate of drug-likeness (QED) is 0.147. The first kappa shape index (κ1) is 42.9. The van der Waals surface area contributed by atoms with E-state index in [1.807, 2.05) is 0 Å². The van der Waals surface area contributed by atoms with Crippen LogP contribution >= 0.6 is 0 Å². The molecule has 314 valence electrons. The van der Waals surface area contributed by atoms with Crippen LogP contribution in [0.5, 0.6) is 0 Å². The summed E-state index contributed by atoms with van der Waals surface area (Å²) < 4.78 is 29.5. The Morgan fingerprint density at radius 2 is 1.55 bits per heavy atom. The number of carbonyl (C=O) groups is 5. The van der Waals surface area contributed by atoms with Crippen LogP contribution in [0, 0.1) is 16.7 Å². The first-order valence-electron chi connectivity index (χ1n) is 19.3. The van der Waals surface area contributed by atoms with E-state index in [1.165, 1.54) is 26.0 Å². The predicted molar refractivity (Wildman–Crippen MR) is 204 cm³/mol. The van der Waals surface area contributed by atoms with Crippen molar-refractivity contribution in [3.05, 3.63) is 82.9 Å². The molecule has 2 aromatic carbocycles. The molecule has 1 amide bonds. The molecule has 2 saturated carbocycles. The van der Waals surface area contributed by atoms with E-state index in [-0.39, 0.29) is 29.7 Å². The van der Waals surface area contributed by atoms with Crippen LogP contribution in [0.15, 0.2) is 71.8 Å². The number of nitrogens with one attached hydrogen (secondary N) is 1. The van der Waals surface area contributed by atoms with Gasteiger partial charge in [-0.15, -0.1) is 0 Å². The van der Waals surface area contributed by atoms with Crippen LogP contribution in [-0.2, 0) is 38.1 Å². The topological polar surface area (TPSA) is 224 Å². The second-order valence-corrected chi connectivity index (χ2v) is 17.6. The van der Waals surface area contributed by atoms with Crippen molar-refractivity contribution >= 4 is 29.8 Å². The van der Waals surface area contributed by atoms with Crippen molar-refractivity contribution in [2.24, 2.45) is 16.7 Å². The standard InChI is InChI=1S/C43H53NO14/c1-22-26(55-37(51)32(48)30(24-15-11-9-12-16-24)44-38(52)58-39(3,4)5)20-43(53)35(56-36(50)25-17-13-10-14-18-25)33-41(8,34(49)31(47)29(22)40(43,6)7)27(46)19-28-42(33,21-54-28)57-23(2)45/h9-18,26-28,30-33,35,46-48,53H,19-21H2,1-8H3,(H,44,52)/t26-,27-,28+,30?,31+,32?,33?,35-,41+,42-,43+/m0/s1/i2-1. The highest BCUT2D eigenvalue weighted by Gasteiger charge is 2.78. The Labute approximate surface area is 336 Å². The van der Waals surface area contributed by atoms with Crippen molar-refractivity contribution in [2.45, 2.75) is 128 Å². The third-order valence-corrected chi connectivity index (χ3v) is 12.6. The summed E-state index contributed by atoms with van der Waals surface area (Å²) in [4.78, 5) is 68.9. The Balaban J connectivity index is 1.49. The molecule has 5 N–H and O–H groups in total. The van der Waals surface area contributed by atoms with Crippen LogP contribution < -0.4 is 5.32 Å². The summed E-state index contributed by atoms with van der Waals surface area (Å²) in [7, 11) is 0. The number of aliphatic hydroxyl groups is 4. The number of rotatable bonds is 8. The molecule has 0 spiro atoms. The van der Waals surface area contributed by atoms with E-state index in [4.69, 9.17) is 23.7 Å². The minimum absolute atomic E-state index is 0.0637. The Morgan fingerprint density at radius 3 is 2.10 bits per heavy atom. The van der Waals surface area contributed by atoms with Crippen LogP contribution in [0.4, 0.5) is 4.79 Å². The lowest BCUT2D eigenvalue weighted by atomic mass is 9.44. The van der Waals surface area contributed by atoms with E-state index in [1.54, 1.807) is 83.1 Å². The van der Waals surface area contributed by atoms with Gasteiger partial charge in [0.2, 0.25) is 0 Å². The monoisotopic (exact) mass is 806 g/mol. The van der Waals surface area contributed by atoms with Gasteiger partial charge in [0.25, 0.3) is 0 Å². The zero-order valence-corrected chi connectivity index (χ0v) is 33.9. The molecule has 0 radical (unpaired) electrons.